The number of para-hydroxylation sites is 4. The van der Waals surface area contributed by atoms with Gasteiger partial charge in [0.1, 0.15) is 18.1 Å². The predicted octanol–water partition coefficient (Wildman–Crippen LogP) is 5.66. The van der Waals surface area contributed by atoms with E-state index in [0.717, 1.165) is 33.9 Å². The Bertz CT molecular complexity index is 1240. The molecule has 0 saturated heterocycles. The van der Waals surface area contributed by atoms with Gasteiger partial charge in [-0.25, -0.2) is 4.98 Å². The lowest BCUT2D eigenvalue weighted by Gasteiger charge is -2.27. The molecule has 32 heavy (non-hydrogen) atoms. The molecule has 0 aliphatic rings. The lowest BCUT2D eigenvalue weighted by molar-refractivity contribution is -0.119. The third kappa shape index (κ3) is 4.42. The number of rotatable bonds is 7. The van der Waals surface area contributed by atoms with E-state index in [1.807, 2.05) is 114 Å². The average molecular weight is 426 g/mol. The van der Waals surface area contributed by atoms with Gasteiger partial charge in [-0.1, -0.05) is 48.5 Å². The van der Waals surface area contributed by atoms with Crippen molar-refractivity contribution in [3.8, 4) is 5.75 Å². The van der Waals surface area contributed by atoms with Crippen LogP contribution in [0.4, 0.5) is 5.69 Å². The first-order chi connectivity index (χ1) is 15.6. The van der Waals surface area contributed by atoms with Crippen LogP contribution < -0.4 is 9.64 Å². The van der Waals surface area contributed by atoms with Crippen LogP contribution in [0.1, 0.15) is 25.2 Å². The Morgan fingerprint density at radius 2 is 1.66 bits per heavy atom. The first-order valence-corrected chi connectivity index (χ1v) is 10.7. The van der Waals surface area contributed by atoms with E-state index in [4.69, 9.17) is 9.72 Å². The molecule has 0 unspecified atom stereocenters. The van der Waals surface area contributed by atoms with Gasteiger partial charge in [-0.05, 0) is 56.3 Å². The fraction of sp³-hybridized carbons (Fsp3) is 0.185. The van der Waals surface area contributed by atoms with Crippen molar-refractivity contribution in [2.75, 3.05) is 12.0 Å². The van der Waals surface area contributed by atoms with E-state index in [-0.39, 0.29) is 18.5 Å². The molecular weight excluding hydrogens is 398 g/mol. The maximum atomic E-state index is 13.5. The van der Waals surface area contributed by atoms with Gasteiger partial charge in [0.25, 0.3) is 0 Å². The normalized spacial score (nSPS) is 11.4. The first kappa shape index (κ1) is 21.4. The molecule has 0 radical (unpaired) electrons. The smallest absolute Gasteiger partial charge is 0.247 e. The Morgan fingerprint density at radius 1 is 0.969 bits per heavy atom. The maximum Gasteiger partial charge on any atom is 0.247 e. The minimum atomic E-state index is 0.0151. The van der Waals surface area contributed by atoms with Crippen LogP contribution in [-0.2, 0) is 11.3 Å². The van der Waals surface area contributed by atoms with Gasteiger partial charge < -0.3 is 14.2 Å². The molecule has 5 nitrogen and oxygen atoms in total. The fourth-order valence-corrected chi connectivity index (χ4v) is 3.89. The molecule has 5 heteroatoms. The highest BCUT2D eigenvalue weighted by Crippen LogP contribution is 2.23. The van der Waals surface area contributed by atoms with Crippen LogP contribution in [0.2, 0.25) is 0 Å². The Morgan fingerprint density at radius 3 is 2.41 bits per heavy atom. The molecule has 1 aromatic heterocycles. The largest absolute Gasteiger partial charge is 0.496 e. The van der Waals surface area contributed by atoms with E-state index in [2.05, 4.69) is 0 Å². The molecule has 0 atom stereocenters. The molecule has 4 aromatic rings. The number of anilines is 1. The van der Waals surface area contributed by atoms with E-state index < -0.39 is 0 Å². The molecule has 1 heterocycles. The maximum absolute atomic E-state index is 13.5. The topological polar surface area (TPSA) is 47.4 Å². The van der Waals surface area contributed by atoms with E-state index in [1.165, 1.54) is 0 Å². The van der Waals surface area contributed by atoms with Crippen molar-refractivity contribution in [3.63, 3.8) is 0 Å². The summed E-state index contributed by atoms with van der Waals surface area (Å²) in [6, 6.07) is 25.5. The zero-order valence-corrected chi connectivity index (χ0v) is 18.6. The monoisotopic (exact) mass is 425 g/mol. The number of imidazole rings is 1. The van der Waals surface area contributed by atoms with Crippen molar-refractivity contribution in [2.24, 2.45) is 0 Å². The number of carbonyl (C=O) groups is 1. The van der Waals surface area contributed by atoms with Crippen LogP contribution in [0.25, 0.3) is 23.2 Å². The molecule has 0 aliphatic heterocycles. The quantitative estimate of drug-likeness (QED) is 0.384. The van der Waals surface area contributed by atoms with Gasteiger partial charge in [0.05, 0.1) is 18.1 Å². The number of aromatic nitrogens is 2. The second-order valence-corrected chi connectivity index (χ2v) is 7.81. The fourth-order valence-electron chi connectivity index (χ4n) is 3.89. The zero-order valence-electron chi connectivity index (χ0n) is 18.6. The van der Waals surface area contributed by atoms with Gasteiger partial charge in [0, 0.05) is 17.3 Å². The van der Waals surface area contributed by atoms with Crippen molar-refractivity contribution in [2.45, 2.75) is 26.4 Å². The summed E-state index contributed by atoms with van der Waals surface area (Å²) in [5.74, 6) is 1.53. The molecule has 0 aliphatic carbocycles. The van der Waals surface area contributed by atoms with Crippen LogP contribution in [0.3, 0.4) is 0 Å². The highest BCUT2D eigenvalue weighted by molar-refractivity contribution is 5.95. The van der Waals surface area contributed by atoms with Crippen molar-refractivity contribution >= 4 is 34.8 Å². The predicted molar refractivity (Wildman–Crippen MR) is 131 cm³/mol. The summed E-state index contributed by atoms with van der Waals surface area (Å²) in [6.45, 7) is 4.25. The number of hydrogen-bond donors (Lipinski definition) is 0. The molecule has 0 spiro atoms. The number of methoxy groups -OCH3 is 1. The Hall–Kier alpha value is -3.86. The number of benzene rings is 3. The Labute approximate surface area is 188 Å². The first-order valence-electron chi connectivity index (χ1n) is 10.7. The summed E-state index contributed by atoms with van der Waals surface area (Å²) in [4.78, 5) is 20.1. The van der Waals surface area contributed by atoms with Gasteiger partial charge in [-0.3, -0.25) is 4.79 Å². The van der Waals surface area contributed by atoms with Crippen molar-refractivity contribution < 1.29 is 9.53 Å². The third-order valence-corrected chi connectivity index (χ3v) is 5.35. The van der Waals surface area contributed by atoms with Crippen LogP contribution >= 0.6 is 0 Å². The number of hydrogen-bond acceptors (Lipinski definition) is 3. The van der Waals surface area contributed by atoms with Crippen LogP contribution in [0.5, 0.6) is 5.75 Å². The molecule has 4 rings (SSSR count). The number of ether oxygens (including phenoxy) is 1. The molecule has 0 bridgehead atoms. The molecule has 0 saturated carbocycles. The highest BCUT2D eigenvalue weighted by atomic mass is 16.5. The van der Waals surface area contributed by atoms with E-state index in [9.17, 15) is 4.79 Å². The van der Waals surface area contributed by atoms with Crippen molar-refractivity contribution in [1.29, 1.82) is 0 Å². The van der Waals surface area contributed by atoms with Crippen LogP contribution in [-0.4, -0.2) is 28.6 Å². The van der Waals surface area contributed by atoms with Crippen LogP contribution in [0.15, 0.2) is 78.9 Å². The standard InChI is InChI=1S/C27H27N3O2/c1-20(2)30(22-12-5-4-6-13-22)27(31)19-29-24-15-9-8-14-23(24)28-26(29)18-17-21-11-7-10-16-25(21)32-3/h4-18,20H,19H2,1-3H3. The second-order valence-electron chi connectivity index (χ2n) is 7.81. The Balaban J connectivity index is 1.72. The minimum Gasteiger partial charge on any atom is -0.496 e. The van der Waals surface area contributed by atoms with Gasteiger partial charge in [0.15, 0.2) is 0 Å². The lowest BCUT2D eigenvalue weighted by atomic mass is 10.2. The number of carbonyl (C=O) groups excluding carboxylic acids is 1. The van der Waals surface area contributed by atoms with Gasteiger partial charge in [-0.15, -0.1) is 0 Å². The number of amides is 1. The zero-order chi connectivity index (χ0) is 22.5. The van der Waals surface area contributed by atoms with Crippen LogP contribution in [0, 0.1) is 0 Å². The molecular formula is C27H27N3O2. The summed E-state index contributed by atoms with van der Waals surface area (Å²) in [7, 11) is 1.66. The van der Waals surface area contributed by atoms with Gasteiger partial charge in [-0.2, -0.15) is 0 Å². The van der Waals surface area contributed by atoms with Gasteiger partial charge >= 0.3 is 0 Å². The van der Waals surface area contributed by atoms with E-state index in [1.54, 1.807) is 7.11 Å². The summed E-state index contributed by atoms with van der Waals surface area (Å²) >= 11 is 0. The molecule has 1 amide bonds. The third-order valence-electron chi connectivity index (χ3n) is 5.35. The summed E-state index contributed by atoms with van der Waals surface area (Å²) < 4.78 is 7.43. The molecule has 3 aromatic carbocycles. The van der Waals surface area contributed by atoms with Crippen molar-refractivity contribution in [1.82, 2.24) is 9.55 Å². The highest BCUT2D eigenvalue weighted by Gasteiger charge is 2.21. The number of nitrogens with zero attached hydrogens (tertiary/aromatic N) is 3. The lowest BCUT2D eigenvalue weighted by Crippen LogP contribution is -2.39. The summed E-state index contributed by atoms with van der Waals surface area (Å²) in [6.07, 6.45) is 3.91. The summed E-state index contributed by atoms with van der Waals surface area (Å²) in [5.41, 5.74) is 3.63. The SMILES string of the molecule is COc1ccccc1C=Cc1nc2ccccc2n1CC(=O)N(c1ccccc1)C(C)C. The second kappa shape index (κ2) is 9.52. The average Bonchev–Trinajstić information content (AvgIpc) is 3.15. The van der Waals surface area contributed by atoms with E-state index >= 15 is 0 Å². The minimum absolute atomic E-state index is 0.0151. The summed E-state index contributed by atoms with van der Waals surface area (Å²) in [5, 5.41) is 0. The molecule has 0 fully saturated rings. The van der Waals surface area contributed by atoms with E-state index in [0.29, 0.717) is 0 Å². The van der Waals surface area contributed by atoms with Gasteiger partial charge in [0.2, 0.25) is 5.91 Å². The van der Waals surface area contributed by atoms with Crippen molar-refractivity contribution in [3.05, 3.63) is 90.3 Å². The molecule has 0 N–H and O–H groups in total. The Kier molecular flexibility index (Phi) is 6.36. The number of fused-ring (bicyclic) bond motifs is 1. The molecule has 162 valence electrons.